The Morgan fingerprint density at radius 3 is 2.42 bits per heavy atom. The first-order chi connectivity index (χ1) is 11.4. The van der Waals surface area contributed by atoms with Crippen molar-refractivity contribution in [2.45, 2.75) is 32.9 Å². The van der Waals surface area contributed by atoms with Crippen molar-refractivity contribution in [3.05, 3.63) is 29.3 Å². The second-order valence-corrected chi connectivity index (χ2v) is 8.41. The molecular formula is C19H23N3O2. The fourth-order valence-electron chi connectivity index (χ4n) is 5.77. The van der Waals surface area contributed by atoms with Crippen molar-refractivity contribution in [2.24, 2.45) is 10.8 Å². The molecule has 1 N–H and O–H groups in total. The summed E-state index contributed by atoms with van der Waals surface area (Å²) in [5, 5.41) is 3.09. The topological polar surface area (TPSA) is 52.6 Å². The number of carbonyl (C=O) groups excluding carboxylic acids is 2. The molecule has 5 heteroatoms. The number of aryl methyl sites for hydroxylation is 1. The van der Waals surface area contributed by atoms with Crippen molar-refractivity contribution in [2.75, 3.05) is 31.5 Å². The molecule has 5 aliphatic rings. The molecule has 0 saturated carbocycles. The Balaban J connectivity index is 1.73. The number of nitrogens with zero attached hydrogens (tertiary/aromatic N) is 2. The number of ketones is 1. The van der Waals surface area contributed by atoms with E-state index >= 15 is 0 Å². The summed E-state index contributed by atoms with van der Waals surface area (Å²) in [5.74, 6) is 0.451. The van der Waals surface area contributed by atoms with E-state index in [0.29, 0.717) is 32.0 Å². The Morgan fingerprint density at radius 2 is 1.79 bits per heavy atom. The fraction of sp³-hybridized carbons (Fsp3) is 0.579. The van der Waals surface area contributed by atoms with Crippen LogP contribution in [-0.4, -0.2) is 47.7 Å². The Bertz CT molecular complexity index is 784. The summed E-state index contributed by atoms with van der Waals surface area (Å²) in [5.41, 5.74) is 1.75. The highest BCUT2D eigenvalue weighted by atomic mass is 16.2. The Hall–Kier alpha value is -1.72. The van der Waals surface area contributed by atoms with Crippen molar-refractivity contribution in [1.29, 1.82) is 0 Å². The Morgan fingerprint density at radius 1 is 1.12 bits per heavy atom. The maximum Gasteiger partial charge on any atom is 0.264 e. The number of anilines is 1. The molecule has 6 rings (SSSR count). The SMILES string of the molecule is CCC12CN3CC(C)(CN(C1)C31C(=O)Nc3ccc(C)cc31)C2=O. The normalized spacial score (nSPS) is 45.0. The predicted octanol–water partition coefficient (Wildman–Crippen LogP) is 1.72. The van der Waals surface area contributed by atoms with Crippen molar-refractivity contribution >= 4 is 17.4 Å². The van der Waals surface area contributed by atoms with Crippen LogP contribution in [0.15, 0.2) is 18.2 Å². The molecule has 5 nitrogen and oxygen atoms in total. The predicted molar refractivity (Wildman–Crippen MR) is 90.5 cm³/mol. The fourth-order valence-corrected chi connectivity index (χ4v) is 5.77. The number of carbonyl (C=O) groups is 2. The maximum absolute atomic E-state index is 13.2. The van der Waals surface area contributed by atoms with Gasteiger partial charge in [0.05, 0.1) is 10.8 Å². The van der Waals surface area contributed by atoms with Gasteiger partial charge in [-0.2, -0.15) is 0 Å². The minimum absolute atomic E-state index is 0.0456. The molecule has 24 heavy (non-hydrogen) atoms. The van der Waals surface area contributed by atoms with E-state index in [1.54, 1.807) is 0 Å². The van der Waals surface area contributed by atoms with Crippen molar-refractivity contribution in [1.82, 2.24) is 9.80 Å². The van der Waals surface area contributed by atoms with Crippen LogP contribution in [0.3, 0.4) is 0 Å². The quantitative estimate of drug-likeness (QED) is 0.854. The zero-order chi connectivity index (χ0) is 16.9. The summed E-state index contributed by atoms with van der Waals surface area (Å²) in [6.45, 7) is 8.97. The van der Waals surface area contributed by atoms with Gasteiger partial charge in [-0.05, 0) is 19.4 Å². The van der Waals surface area contributed by atoms with E-state index in [1.165, 1.54) is 0 Å². The second-order valence-electron chi connectivity index (χ2n) is 8.41. The molecule has 1 aromatic rings. The van der Waals surface area contributed by atoms with E-state index in [-0.39, 0.29) is 16.7 Å². The van der Waals surface area contributed by atoms with Crippen molar-refractivity contribution < 1.29 is 9.59 Å². The number of rotatable bonds is 1. The Kier molecular flexibility index (Phi) is 2.49. The highest BCUT2D eigenvalue weighted by molar-refractivity contribution is 6.07. The summed E-state index contributed by atoms with van der Waals surface area (Å²) in [6, 6.07) is 6.18. The van der Waals surface area contributed by atoms with E-state index in [9.17, 15) is 9.59 Å². The van der Waals surface area contributed by atoms with Crippen molar-refractivity contribution in [3.8, 4) is 0 Å². The lowest BCUT2D eigenvalue weighted by Gasteiger charge is -2.68. The van der Waals surface area contributed by atoms with E-state index in [4.69, 9.17) is 0 Å². The largest absolute Gasteiger partial charge is 0.323 e. The summed E-state index contributed by atoms with van der Waals surface area (Å²) in [4.78, 5) is 30.8. The molecule has 1 aromatic carbocycles. The molecule has 0 aromatic heterocycles. The van der Waals surface area contributed by atoms with Gasteiger partial charge in [-0.15, -0.1) is 0 Å². The van der Waals surface area contributed by atoms with Crippen LogP contribution in [0, 0.1) is 17.8 Å². The number of piperidine rings is 2. The first-order valence-electron chi connectivity index (χ1n) is 8.83. The van der Waals surface area contributed by atoms with E-state index in [1.807, 2.05) is 12.1 Å². The van der Waals surface area contributed by atoms with Crippen LogP contribution < -0.4 is 5.32 Å². The second kappa shape index (κ2) is 4.09. The molecule has 5 aliphatic heterocycles. The van der Waals surface area contributed by atoms with Gasteiger partial charge < -0.3 is 5.32 Å². The highest BCUT2D eigenvalue weighted by Crippen LogP contribution is 2.58. The average molecular weight is 325 g/mol. The zero-order valence-corrected chi connectivity index (χ0v) is 14.5. The first-order valence-corrected chi connectivity index (χ1v) is 8.83. The Labute approximate surface area is 142 Å². The lowest BCUT2D eigenvalue weighted by Crippen LogP contribution is -2.83. The number of benzene rings is 1. The smallest absolute Gasteiger partial charge is 0.264 e. The van der Waals surface area contributed by atoms with Gasteiger partial charge in [0.15, 0.2) is 5.66 Å². The minimum Gasteiger partial charge on any atom is -0.323 e. The molecular weight excluding hydrogens is 302 g/mol. The zero-order valence-electron chi connectivity index (χ0n) is 14.5. The molecule has 0 aliphatic carbocycles. The monoisotopic (exact) mass is 325 g/mol. The molecule has 2 atom stereocenters. The van der Waals surface area contributed by atoms with E-state index in [0.717, 1.165) is 23.2 Å². The van der Waals surface area contributed by atoms with Crippen LogP contribution in [-0.2, 0) is 15.3 Å². The number of Topliss-reactive ketones (excluding diaryl/α,β-unsaturated/α-hetero) is 1. The summed E-state index contributed by atoms with van der Waals surface area (Å²) in [6.07, 6.45) is 0.840. The third-order valence-corrected chi connectivity index (χ3v) is 6.80. The van der Waals surface area contributed by atoms with Gasteiger partial charge in [-0.1, -0.05) is 31.5 Å². The van der Waals surface area contributed by atoms with Gasteiger partial charge in [0.1, 0.15) is 5.78 Å². The van der Waals surface area contributed by atoms with Gasteiger partial charge >= 0.3 is 0 Å². The number of fused-ring (bicyclic) bond motifs is 1. The standard InChI is InChI=1S/C19H23N3O2/c1-4-18-10-21-8-17(3,15(18)23)9-22(11-18)19(21)13-7-12(2)5-6-14(13)20-16(19)24/h5-7H,4,8-11H2,1-3H3,(H,20,24). The van der Waals surface area contributed by atoms with E-state index in [2.05, 4.69) is 42.0 Å². The number of amides is 1. The van der Waals surface area contributed by atoms with Crippen LogP contribution in [0.1, 0.15) is 31.4 Å². The summed E-state index contributed by atoms with van der Waals surface area (Å²) in [7, 11) is 0. The van der Waals surface area contributed by atoms with Crippen molar-refractivity contribution in [3.63, 3.8) is 0 Å². The molecule has 126 valence electrons. The lowest BCUT2D eigenvalue weighted by atomic mass is 9.58. The van der Waals surface area contributed by atoms with Crippen LogP contribution in [0.2, 0.25) is 0 Å². The molecule has 5 heterocycles. The highest BCUT2D eigenvalue weighted by Gasteiger charge is 2.71. The van der Waals surface area contributed by atoms with Crippen LogP contribution >= 0.6 is 0 Å². The van der Waals surface area contributed by atoms with Crippen LogP contribution in [0.5, 0.6) is 0 Å². The van der Waals surface area contributed by atoms with Gasteiger partial charge in [-0.25, -0.2) is 0 Å². The molecule has 4 fully saturated rings. The number of nitrogens with one attached hydrogen (secondary N) is 1. The first kappa shape index (κ1) is 14.6. The molecule has 4 bridgehead atoms. The average Bonchev–Trinajstić information content (AvgIpc) is 2.81. The van der Waals surface area contributed by atoms with Crippen LogP contribution in [0.4, 0.5) is 5.69 Å². The number of hydrogen-bond donors (Lipinski definition) is 1. The van der Waals surface area contributed by atoms with E-state index < -0.39 is 5.66 Å². The third-order valence-electron chi connectivity index (χ3n) is 6.80. The number of hydrogen-bond acceptors (Lipinski definition) is 4. The van der Waals surface area contributed by atoms with Crippen LogP contribution in [0.25, 0.3) is 0 Å². The molecule has 1 spiro atoms. The third kappa shape index (κ3) is 1.37. The molecule has 2 unspecified atom stereocenters. The van der Waals surface area contributed by atoms with Gasteiger partial charge in [0, 0.05) is 37.4 Å². The van der Waals surface area contributed by atoms with Gasteiger partial charge in [-0.3, -0.25) is 19.4 Å². The summed E-state index contributed by atoms with van der Waals surface area (Å²) >= 11 is 0. The van der Waals surface area contributed by atoms with Gasteiger partial charge in [0.2, 0.25) is 0 Å². The molecule has 1 amide bonds. The minimum atomic E-state index is -0.722. The lowest BCUT2D eigenvalue weighted by molar-refractivity contribution is -0.230. The summed E-state index contributed by atoms with van der Waals surface area (Å²) < 4.78 is 0. The molecule has 0 radical (unpaired) electrons. The van der Waals surface area contributed by atoms with Gasteiger partial charge in [0.25, 0.3) is 5.91 Å². The maximum atomic E-state index is 13.2. The molecule has 4 saturated heterocycles.